The smallest absolute Gasteiger partial charge is 0.282 e. The van der Waals surface area contributed by atoms with Crippen molar-refractivity contribution in [1.82, 2.24) is 0 Å². The van der Waals surface area contributed by atoms with E-state index in [1.54, 1.807) is 6.07 Å². The molecule has 0 saturated heterocycles. The van der Waals surface area contributed by atoms with Crippen LogP contribution in [0, 0.1) is 20.8 Å². The number of aryl methyl sites for hydroxylation is 4. The molecule has 0 aliphatic carbocycles. The number of rotatable bonds is 5. The van der Waals surface area contributed by atoms with E-state index in [0.717, 1.165) is 34.2 Å². The molecule has 5 heteroatoms. The lowest BCUT2D eigenvalue weighted by Crippen LogP contribution is -2.32. The molecule has 162 valence electrons. The first-order chi connectivity index (χ1) is 15.3. The van der Waals surface area contributed by atoms with E-state index in [1.807, 2.05) is 75.4 Å². The predicted octanol–water partition coefficient (Wildman–Crippen LogP) is 6.22. The number of hydrogen-bond acceptors (Lipinski definition) is 3. The topological polar surface area (TPSA) is 49.4 Å². The third-order valence-electron chi connectivity index (χ3n) is 5.78. The SMILES string of the molecule is CCc1ccc(N2C(=O)C(Nc3ccc(C)c(Cl)c3)=C(c3ccc(C)cc3C)C2=O)cc1. The number of carbonyl (C=O) groups is 2. The number of carbonyl (C=O) groups excluding carboxylic acids is 2. The minimum atomic E-state index is -0.383. The maximum atomic E-state index is 13.6. The average Bonchev–Trinajstić information content (AvgIpc) is 3.00. The van der Waals surface area contributed by atoms with Crippen molar-refractivity contribution in [3.05, 3.63) is 99.2 Å². The van der Waals surface area contributed by atoms with Crippen LogP contribution in [-0.4, -0.2) is 11.8 Å². The van der Waals surface area contributed by atoms with Gasteiger partial charge in [-0.25, -0.2) is 4.90 Å². The highest BCUT2D eigenvalue weighted by molar-refractivity contribution is 6.46. The second kappa shape index (κ2) is 8.64. The average molecular weight is 445 g/mol. The molecule has 0 unspecified atom stereocenters. The van der Waals surface area contributed by atoms with Crippen LogP contribution in [0.1, 0.15) is 34.7 Å². The number of anilines is 2. The summed E-state index contributed by atoms with van der Waals surface area (Å²) in [6.45, 7) is 7.93. The summed E-state index contributed by atoms with van der Waals surface area (Å²) in [4.78, 5) is 28.4. The molecule has 1 N–H and O–H groups in total. The molecule has 1 aliphatic heterocycles. The second-order valence-electron chi connectivity index (χ2n) is 8.12. The summed E-state index contributed by atoms with van der Waals surface area (Å²) in [5, 5.41) is 3.78. The Morgan fingerprint density at radius 2 is 1.56 bits per heavy atom. The van der Waals surface area contributed by atoms with E-state index in [0.29, 0.717) is 22.0 Å². The Labute approximate surface area is 193 Å². The highest BCUT2D eigenvalue weighted by Crippen LogP contribution is 2.35. The fourth-order valence-electron chi connectivity index (χ4n) is 3.92. The summed E-state index contributed by atoms with van der Waals surface area (Å²) in [5.41, 5.74) is 6.67. The zero-order valence-corrected chi connectivity index (χ0v) is 19.4. The molecule has 1 heterocycles. The monoisotopic (exact) mass is 444 g/mol. The van der Waals surface area contributed by atoms with Crippen LogP contribution in [-0.2, 0) is 16.0 Å². The normalized spacial score (nSPS) is 13.8. The Bertz CT molecular complexity index is 1260. The van der Waals surface area contributed by atoms with E-state index in [-0.39, 0.29) is 17.5 Å². The van der Waals surface area contributed by atoms with E-state index in [9.17, 15) is 9.59 Å². The van der Waals surface area contributed by atoms with Gasteiger partial charge in [0.15, 0.2) is 0 Å². The Hall–Kier alpha value is -3.37. The van der Waals surface area contributed by atoms with Crippen molar-refractivity contribution in [3.63, 3.8) is 0 Å². The molecule has 2 amide bonds. The van der Waals surface area contributed by atoms with Gasteiger partial charge in [-0.2, -0.15) is 0 Å². The lowest BCUT2D eigenvalue weighted by atomic mass is 9.97. The number of hydrogen-bond donors (Lipinski definition) is 1. The lowest BCUT2D eigenvalue weighted by Gasteiger charge is -2.16. The van der Waals surface area contributed by atoms with Gasteiger partial charge in [-0.1, -0.05) is 60.5 Å². The number of nitrogens with one attached hydrogen (secondary N) is 1. The van der Waals surface area contributed by atoms with Crippen LogP contribution in [0.4, 0.5) is 11.4 Å². The van der Waals surface area contributed by atoms with Gasteiger partial charge in [0.25, 0.3) is 11.8 Å². The van der Waals surface area contributed by atoms with Crippen LogP contribution in [0.3, 0.4) is 0 Å². The highest BCUT2D eigenvalue weighted by atomic mass is 35.5. The zero-order chi connectivity index (χ0) is 23.0. The fraction of sp³-hybridized carbons (Fsp3) is 0.185. The molecular weight excluding hydrogens is 420 g/mol. The van der Waals surface area contributed by atoms with Gasteiger partial charge in [-0.3, -0.25) is 9.59 Å². The van der Waals surface area contributed by atoms with Gasteiger partial charge >= 0.3 is 0 Å². The van der Waals surface area contributed by atoms with Crippen LogP contribution < -0.4 is 10.2 Å². The van der Waals surface area contributed by atoms with E-state index in [1.165, 1.54) is 4.90 Å². The first-order valence-electron chi connectivity index (χ1n) is 10.6. The molecule has 0 saturated carbocycles. The third-order valence-corrected chi connectivity index (χ3v) is 6.19. The molecule has 3 aromatic rings. The van der Waals surface area contributed by atoms with Crippen molar-refractivity contribution in [2.45, 2.75) is 34.1 Å². The number of benzene rings is 3. The molecule has 0 aromatic heterocycles. The largest absolute Gasteiger partial charge is 0.350 e. The van der Waals surface area contributed by atoms with Gasteiger partial charge in [-0.05, 0) is 73.7 Å². The van der Waals surface area contributed by atoms with Crippen LogP contribution >= 0.6 is 11.6 Å². The molecule has 0 spiro atoms. The summed E-state index contributed by atoms with van der Waals surface area (Å²) in [5.74, 6) is -0.724. The van der Waals surface area contributed by atoms with Gasteiger partial charge < -0.3 is 5.32 Å². The summed E-state index contributed by atoms with van der Waals surface area (Å²) in [6.07, 6.45) is 0.884. The number of nitrogens with zero attached hydrogens (tertiary/aromatic N) is 1. The van der Waals surface area contributed by atoms with E-state index >= 15 is 0 Å². The number of amides is 2. The fourth-order valence-corrected chi connectivity index (χ4v) is 4.10. The van der Waals surface area contributed by atoms with Gasteiger partial charge in [0.05, 0.1) is 11.3 Å². The van der Waals surface area contributed by atoms with E-state index < -0.39 is 0 Å². The molecule has 3 aromatic carbocycles. The Morgan fingerprint density at radius 1 is 0.844 bits per heavy atom. The molecule has 0 atom stereocenters. The molecule has 32 heavy (non-hydrogen) atoms. The highest BCUT2D eigenvalue weighted by Gasteiger charge is 2.40. The molecule has 0 radical (unpaired) electrons. The van der Waals surface area contributed by atoms with Crippen molar-refractivity contribution in [2.75, 3.05) is 10.2 Å². The summed E-state index contributed by atoms with van der Waals surface area (Å²) in [7, 11) is 0. The quantitative estimate of drug-likeness (QED) is 0.475. The summed E-state index contributed by atoms with van der Waals surface area (Å²) < 4.78 is 0. The summed E-state index contributed by atoms with van der Waals surface area (Å²) >= 11 is 6.30. The molecule has 0 fully saturated rings. The van der Waals surface area contributed by atoms with Crippen molar-refractivity contribution < 1.29 is 9.59 Å². The van der Waals surface area contributed by atoms with Gasteiger partial charge in [-0.15, -0.1) is 0 Å². The van der Waals surface area contributed by atoms with Crippen LogP contribution in [0.2, 0.25) is 5.02 Å². The van der Waals surface area contributed by atoms with Gasteiger partial charge in [0.1, 0.15) is 5.70 Å². The van der Waals surface area contributed by atoms with Crippen LogP contribution in [0.15, 0.2) is 66.4 Å². The standard InChI is InChI=1S/C27H25ClN2O2/c1-5-19-8-11-21(12-9-19)30-26(31)24(22-13-6-16(2)14-18(22)4)25(27(30)32)29-20-10-7-17(3)23(28)15-20/h6-15,29H,5H2,1-4H3. The summed E-state index contributed by atoms with van der Waals surface area (Å²) in [6, 6.07) is 18.9. The zero-order valence-electron chi connectivity index (χ0n) is 18.6. The van der Waals surface area contributed by atoms with Crippen LogP contribution in [0.5, 0.6) is 0 Å². The van der Waals surface area contributed by atoms with Gasteiger partial charge in [0, 0.05) is 10.7 Å². The Morgan fingerprint density at radius 3 is 2.19 bits per heavy atom. The molecule has 1 aliphatic rings. The maximum Gasteiger partial charge on any atom is 0.282 e. The molecule has 4 rings (SSSR count). The predicted molar refractivity (Wildman–Crippen MR) is 131 cm³/mol. The van der Waals surface area contributed by atoms with Crippen molar-refractivity contribution in [3.8, 4) is 0 Å². The van der Waals surface area contributed by atoms with Crippen molar-refractivity contribution in [1.29, 1.82) is 0 Å². The first kappa shape index (κ1) is 21.8. The number of halogens is 1. The lowest BCUT2D eigenvalue weighted by molar-refractivity contribution is -0.120. The van der Waals surface area contributed by atoms with Crippen molar-refractivity contribution in [2.24, 2.45) is 0 Å². The molecule has 4 nitrogen and oxygen atoms in total. The second-order valence-corrected chi connectivity index (χ2v) is 8.53. The van der Waals surface area contributed by atoms with E-state index in [4.69, 9.17) is 11.6 Å². The maximum absolute atomic E-state index is 13.6. The minimum Gasteiger partial charge on any atom is -0.350 e. The van der Waals surface area contributed by atoms with Gasteiger partial charge in [0.2, 0.25) is 0 Å². The molecular formula is C27H25ClN2O2. The molecule has 0 bridgehead atoms. The number of imide groups is 1. The Kier molecular flexibility index (Phi) is 5.90. The first-order valence-corrected chi connectivity index (χ1v) is 11.0. The minimum absolute atomic E-state index is 0.251. The Balaban J connectivity index is 1.83. The van der Waals surface area contributed by atoms with Crippen LogP contribution in [0.25, 0.3) is 5.57 Å². The third kappa shape index (κ3) is 3.94. The van der Waals surface area contributed by atoms with Crippen molar-refractivity contribution >= 4 is 40.4 Å². The van der Waals surface area contributed by atoms with E-state index in [2.05, 4.69) is 12.2 Å².